The second-order valence-electron chi connectivity index (χ2n) is 8.60. The summed E-state index contributed by atoms with van der Waals surface area (Å²) in [5, 5.41) is 5.54. The van der Waals surface area contributed by atoms with Crippen molar-refractivity contribution in [2.24, 2.45) is 11.7 Å². The van der Waals surface area contributed by atoms with Gasteiger partial charge in [0.05, 0.1) is 13.2 Å². The Morgan fingerprint density at radius 2 is 1.39 bits per heavy atom. The maximum atomic E-state index is 13.1. The molecule has 7 nitrogen and oxygen atoms in total. The number of rotatable bonds is 12. The van der Waals surface area contributed by atoms with Crippen molar-refractivity contribution < 1.29 is 19.1 Å². The Morgan fingerprint density at radius 3 is 1.94 bits per heavy atom. The fourth-order valence-corrected chi connectivity index (χ4v) is 3.54. The number of nitrogens with two attached hydrogens (primary N) is 1. The van der Waals surface area contributed by atoms with Gasteiger partial charge in [-0.2, -0.15) is 0 Å². The number of aryl methyl sites for hydroxylation is 1. The smallest absolute Gasteiger partial charge is 0.328 e. The molecule has 3 atom stereocenters. The molecule has 0 aliphatic heterocycles. The van der Waals surface area contributed by atoms with Gasteiger partial charge in [0.15, 0.2) is 0 Å². The maximum absolute atomic E-state index is 13.1. The average Bonchev–Trinajstić information content (AvgIpc) is 2.82. The molecule has 0 saturated carbocycles. The number of carbonyl (C=O) groups excluding carboxylic acids is 3. The third kappa shape index (κ3) is 9.06. The number of amides is 2. The molecule has 2 amide bonds. The molecule has 0 aromatic heterocycles. The lowest BCUT2D eigenvalue weighted by Crippen LogP contribution is -2.55. The van der Waals surface area contributed by atoms with Gasteiger partial charge < -0.3 is 21.1 Å². The van der Waals surface area contributed by atoms with Crippen LogP contribution in [0.25, 0.3) is 0 Å². The standard InChI is InChI=1S/C26H35N3O4/c1-18(2)16-22(28-24(30)21(27)15-14-19-10-6-4-7-11-19)25(31)29-23(26(32)33-3)17-20-12-8-5-9-13-20/h4-13,18,21-23H,14-17,27H2,1-3H3,(H,28,30)(H,29,31)/t21-,22+,23+/m0/s1. The molecular weight excluding hydrogens is 418 g/mol. The first-order valence-electron chi connectivity index (χ1n) is 11.3. The summed E-state index contributed by atoms with van der Waals surface area (Å²) < 4.78 is 4.88. The SMILES string of the molecule is COC(=O)[C@@H](Cc1ccccc1)NC(=O)[C@@H](CC(C)C)NC(=O)[C@@H](N)CCc1ccccc1. The minimum atomic E-state index is -0.858. The Kier molecular flexibility index (Phi) is 10.6. The van der Waals surface area contributed by atoms with Crippen LogP contribution in [0.4, 0.5) is 0 Å². The van der Waals surface area contributed by atoms with Crippen LogP contribution in [0.1, 0.15) is 37.8 Å². The predicted octanol–water partition coefficient (Wildman–Crippen LogP) is 2.38. The Morgan fingerprint density at radius 1 is 0.848 bits per heavy atom. The molecule has 33 heavy (non-hydrogen) atoms. The van der Waals surface area contributed by atoms with Gasteiger partial charge in [0.25, 0.3) is 0 Å². The van der Waals surface area contributed by atoms with E-state index in [9.17, 15) is 14.4 Å². The van der Waals surface area contributed by atoms with Crippen LogP contribution in [0.15, 0.2) is 60.7 Å². The van der Waals surface area contributed by atoms with Crippen molar-refractivity contribution in [3.63, 3.8) is 0 Å². The van der Waals surface area contributed by atoms with Crippen molar-refractivity contribution in [2.45, 2.75) is 57.7 Å². The van der Waals surface area contributed by atoms with Crippen LogP contribution in [0.3, 0.4) is 0 Å². The van der Waals surface area contributed by atoms with Crippen LogP contribution in [-0.4, -0.2) is 43.0 Å². The van der Waals surface area contributed by atoms with Crippen LogP contribution in [0, 0.1) is 5.92 Å². The highest BCUT2D eigenvalue weighted by molar-refractivity contribution is 5.92. The molecule has 0 unspecified atom stereocenters. The van der Waals surface area contributed by atoms with E-state index in [4.69, 9.17) is 10.5 Å². The molecule has 2 aromatic rings. The van der Waals surface area contributed by atoms with Gasteiger partial charge in [-0.15, -0.1) is 0 Å². The molecular formula is C26H35N3O4. The molecule has 0 aliphatic rings. The van der Waals surface area contributed by atoms with Gasteiger partial charge >= 0.3 is 5.97 Å². The van der Waals surface area contributed by atoms with Gasteiger partial charge in [-0.05, 0) is 36.3 Å². The van der Waals surface area contributed by atoms with E-state index in [0.29, 0.717) is 19.3 Å². The summed E-state index contributed by atoms with van der Waals surface area (Å²) in [5.41, 5.74) is 8.09. The fraction of sp³-hybridized carbons (Fsp3) is 0.423. The molecule has 0 fully saturated rings. The van der Waals surface area contributed by atoms with Gasteiger partial charge in [0, 0.05) is 6.42 Å². The quantitative estimate of drug-likeness (QED) is 0.428. The largest absolute Gasteiger partial charge is 0.467 e. The van der Waals surface area contributed by atoms with Gasteiger partial charge in [-0.25, -0.2) is 4.79 Å². The number of ether oxygens (including phenoxy) is 1. The topological polar surface area (TPSA) is 111 Å². The maximum Gasteiger partial charge on any atom is 0.328 e. The number of nitrogens with one attached hydrogen (secondary N) is 2. The molecule has 4 N–H and O–H groups in total. The van der Waals surface area contributed by atoms with Crippen molar-refractivity contribution in [1.29, 1.82) is 0 Å². The zero-order valence-electron chi connectivity index (χ0n) is 19.6. The molecule has 0 radical (unpaired) electrons. The molecule has 0 saturated heterocycles. The molecule has 7 heteroatoms. The lowest BCUT2D eigenvalue weighted by atomic mass is 10.00. The van der Waals surface area contributed by atoms with E-state index in [0.717, 1.165) is 11.1 Å². The van der Waals surface area contributed by atoms with Crippen molar-refractivity contribution in [1.82, 2.24) is 10.6 Å². The monoisotopic (exact) mass is 453 g/mol. The van der Waals surface area contributed by atoms with Gasteiger partial charge in [0.1, 0.15) is 12.1 Å². The van der Waals surface area contributed by atoms with Crippen molar-refractivity contribution >= 4 is 17.8 Å². The highest BCUT2D eigenvalue weighted by Crippen LogP contribution is 2.10. The summed E-state index contributed by atoms with van der Waals surface area (Å²) >= 11 is 0. The predicted molar refractivity (Wildman–Crippen MR) is 128 cm³/mol. The summed E-state index contributed by atoms with van der Waals surface area (Å²) in [6.07, 6.45) is 1.84. The first-order chi connectivity index (χ1) is 15.8. The van der Waals surface area contributed by atoms with Gasteiger partial charge in [0.2, 0.25) is 11.8 Å². The number of hydrogen-bond donors (Lipinski definition) is 3. The Hall–Kier alpha value is -3.19. The lowest BCUT2D eigenvalue weighted by molar-refractivity contribution is -0.145. The fourth-order valence-electron chi connectivity index (χ4n) is 3.54. The van der Waals surface area contributed by atoms with E-state index in [2.05, 4.69) is 10.6 Å². The highest BCUT2D eigenvalue weighted by atomic mass is 16.5. The summed E-state index contributed by atoms with van der Waals surface area (Å²) in [6.45, 7) is 3.92. The number of esters is 1. The normalized spacial score (nSPS) is 13.6. The minimum absolute atomic E-state index is 0.146. The highest BCUT2D eigenvalue weighted by Gasteiger charge is 2.29. The summed E-state index contributed by atoms with van der Waals surface area (Å²) in [4.78, 5) is 38.1. The Labute approximate surface area is 196 Å². The van der Waals surface area contributed by atoms with Crippen molar-refractivity contribution in [3.8, 4) is 0 Å². The minimum Gasteiger partial charge on any atom is -0.467 e. The van der Waals surface area contributed by atoms with Crippen LogP contribution >= 0.6 is 0 Å². The van der Waals surface area contributed by atoms with Crippen LogP contribution < -0.4 is 16.4 Å². The average molecular weight is 454 g/mol. The van der Waals surface area contributed by atoms with E-state index in [1.165, 1.54) is 7.11 Å². The zero-order valence-corrected chi connectivity index (χ0v) is 19.6. The second kappa shape index (κ2) is 13.4. The molecule has 0 heterocycles. The van der Waals surface area contributed by atoms with Gasteiger partial charge in [-0.3, -0.25) is 9.59 Å². The van der Waals surface area contributed by atoms with E-state index < -0.39 is 30.0 Å². The molecule has 2 rings (SSSR count). The van der Waals surface area contributed by atoms with E-state index in [1.807, 2.05) is 74.5 Å². The van der Waals surface area contributed by atoms with Crippen LogP contribution in [-0.2, 0) is 32.0 Å². The third-order valence-electron chi connectivity index (χ3n) is 5.35. The third-order valence-corrected chi connectivity index (χ3v) is 5.35. The first kappa shape index (κ1) is 26.1. The molecule has 0 bridgehead atoms. The number of carbonyl (C=O) groups is 3. The number of hydrogen-bond acceptors (Lipinski definition) is 5. The van der Waals surface area contributed by atoms with E-state index >= 15 is 0 Å². The van der Waals surface area contributed by atoms with Gasteiger partial charge in [-0.1, -0.05) is 74.5 Å². The van der Waals surface area contributed by atoms with Crippen LogP contribution in [0.2, 0.25) is 0 Å². The first-order valence-corrected chi connectivity index (χ1v) is 11.3. The van der Waals surface area contributed by atoms with E-state index in [1.54, 1.807) is 0 Å². The molecule has 2 aromatic carbocycles. The molecule has 178 valence electrons. The summed E-state index contributed by atoms with van der Waals surface area (Å²) in [5.74, 6) is -1.21. The van der Waals surface area contributed by atoms with Crippen LogP contribution in [0.5, 0.6) is 0 Å². The van der Waals surface area contributed by atoms with E-state index in [-0.39, 0.29) is 18.2 Å². The number of benzene rings is 2. The van der Waals surface area contributed by atoms with Crippen molar-refractivity contribution in [3.05, 3.63) is 71.8 Å². The zero-order chi connectivity index (χ0) is 24.2. The lowest BCUT2D eigenvalue weighted by Gasteiger charge is -2.24. The molecule has 0 aliphatic carbocycles. The Bertz CT molecular complexity index is 887. The Balaban J connectivity index is 2.02. The summed E-state index contributed by atoms with van der Waals surface area (Å²) in [6, 6.07) is 16.7. The molecule has 0 spiro atoms. The number of methoxy groups -OCH3 is 1. The van der Waals surface area contributed by atoms with Crippen molar-refractivity contribution in [2.75, 3.05) is 7.11 Å². The summed E-state index contributed by atoms with van der Waals surface area (Å²) in [7, 11) is 1.28. The second-order valence-corrected chi connectivity index (χ2v) is 8.60.